The molecule has 9 nitrogen and oxygen atoms in total. The highest BCUT2D eigenvalue weighted by molar-refractivity contribution is 6.35. The smallest absolute Gasteiger partial charge is 0.475 e. The van der Waals surface area contributed by atoms with E-state index in [-0.39, 0.29) is 6.04 Å². The van der Waals surface area contributed by atoms with Gasteiger partial charge in [-0.25, -0.2) is 4.79 Å². The maximum Gasteiger partial charge on any atom is 0.490 e. The first-order valence-electron chi connectivity index (χ1n) is 11.1. The number of alkyl halides is 3. The van der Waals surface area contributed by atoms with Crippen LogP contribution in [0.3, 0.4) is 0 Å². The molecule has 1 aliphatic rings. The van der Waals surface area contributed by atoms with Crippen molar-refractivity contribution in [1.82, 2.24) is 25.1 Å². The summed E-state index contributed by atoms with van der Waals surface area (Å²) >= 11 is 0. The lowest BCUT2D eigenvalue weighted by atomic mass is 10.1. The van der Waals surface area contributed by atoms with Crippen molar-refractivity contribution in [3.05, 3.63) is 66.1 Å². The summed E-state index contributed by atoms with van der Waals surface area (Å²) in [7, 11) is 1.66. The minimum atomic E-state index is -5.08. The zero-order valence-electron chi connectivity index (χ0n) is 19.5. The number of carboxylic acid groups (broad SMARTS) is 1. The van der Waals surface area contributed by atoms with Crippen LogP contribution < -0.4 is 5.32 Å². The number of halogens is 3. The summed E-state index contributed by atoms with van der Waals surface area (Å²) in [6, 6.07) is 11.9. The second-order valence-corrected chi connectivity index (χ2v) is 8.37. The zero-order chi connectivity index (χ0) is 26.3. The number of para-hydroxylation sites is 1. The molecule has 3 N–H and O–H groups in total. The number of aliphatic carboxylic acids is 1. The molecule has 0 bridgehead atoms. The van der Waals surface area contributed by atoms with Gasteiger partial charge in [-0.2, -0.15) is 13.2 Å². The number of nitrogens with zero attached hydrogens (tertiary/aromatic N) is 3. The van der Waals surface area contributed by atoms with Crippen LogP contribution in [0, 0.1) is 0 Å². The van der Waals surface area contributed by atoms with E-state index in [0.29, 0.717) is 6.54 Å². The number of likely N-dealkylation sites (N-methyl/N-ethyl adjacent to an activating group) is 1. The summed E-state index contributed by atoms with van der Waals surface area (Å²) in [6.45, 7) is 2.84. The van der Waals surface area contributed by atoms with Gasteiger partial charge in [-0.15, -0.1) is 0 Å². The minimum absolute atomic E-state index is 0.00599. The number of aromatic amines is 1. The number of amides is 2. The number of carbonyl (C=O) groups is 3. The Morgan fingerprint density at radius 3 is 2.56 bits per heavy atom. The lowest BCUT2D eigenvalue weighted by molar-refractivity contribution is -0.192. The quantitative estimate of drug-likeness (QED) is 0.459. The second-order valence-electron chi connectivity index (χ2n) is 8.37. The summed E-state index contributed by atoms with van der Waals surface area (Å²) in [6.07, 6.45) is 1.20. The number of carbonyl (C=O) groups excluding carboxylic acids is 2. The number of fused-ring (bicyclic) bond motifs is 1. The number of aromatic nitrogens is 2. The van der Waals surface area contributed by atoms with Crippen LogP contribution in [0.25, 0.3) is 10.9 Å². The van der Waals surface area contributed by atoms with Gasteiger partial charge in [-0.3, -0.25) is 19.5 Å². The van der Waals surface area contributed by atoms with Gasteiger partial charge < -0.3 is 20.3 Å². The van der Waals surface area contributed by atoms with E-state index < -0.39 is 24.0 Å². The predicted molar refractivity (Wildman–Crippen MR) is 125 cm³/mol. The molecule has 1 saturated heterocycles. The standard InChI is InChI=1S/C22H25N5O2.C2HF3O2/c1-26(14-18-4-2-3-17-7-11-24-20(17)18)22(29)21(28)25-19-8-12-27(15-19)13-16-5-9-23-10-6-16;3-2(4,5)1(6)7/h2-7,9-11,19,24H,8,12-15H2,1H3,(H,25,28);(H,6,7)/t19-;/m0./s1. The van der Waals surface area contributed by atoms with Gasteiger partial charge in [0.25, 0.3) is 0 Å². The fourth-order valence-corrected chi connectivity index (χ4v) is 3.87. The Kier molecular flexibility index (Phi) is 8.64. The number of hydrogen-bond acceptors (Lipinski definition) is 5. The first-order valence-corrected chi connectivity index (χ1v) is 11.1. The maximum absolute atomic E-state index is 12.6. The third-order valence-electron chi connectivity index (χ3n) is 5.63. The van der Waals surface area contributed by atoms with Crippen molar-refractivity contribution in [2.24, 2.45) is 0 Å². The largest absolute Gasteiger partial charge is 0.490 e. The molecule has 3 heterocycles. The van der Waals surface area contributed by atoms with E-state index in [1.165, 1.54) is 10.5 Å². The van der Waals surface area contributed by atoms with Crippen LogP contribution in [0.2, 0.25) is 0 Å². The molecular weight excluding hydrogens is 479 g/mol. The van der Waals surface area contributed by atoms with Crippen LogP contribution in [0.15, 0.2) is 55.0 Å². The lowest BCUT2D eigenvalue weighted by Gasteiger charge is -2.20. The summed E-state index contributed by atoms with van der Waals surface area (Å²) in [5.74, 6) is -3.81. The Hall–Kier alpha value is -3.93. The van der Waals surface area contributed by atoms with Gasteiger partial charge in [0, 0.05) is 57.9 Å². The molecule has 4 rings (SSSR count). The van der Waals surface area contributed by atoms with E-state index in [4.69, 9.17) is 9.90 Å². The van der Waals surface area contributed by atoms with Crippen LogP contribution in [-0.2, 0) is 27.5 Å². The molecule has 1 fully saturated rings. The molecule has 2 aromatic heterocycles. The van der Waals surface area contributed by atoms with Crippen molar-refractivity contribution in [2.75, 3.05) is 20.1 Å². The topological polar surface area (TPSA) is 119 Å². The van der Waals surface area contributed by atoms with Gasteiger partial charge >= 0.3 is 24.0 Å². The average Bonchev–Trinajstić information content (AvgIpc) is 3.49. The third kappa shape index (κ3) is 7.28. The Balaban J connectivity index is 0.000000454. The highest BCUT2D eigenvalue weighted by Gasteiger charge is 2.38. The normalized spacial score (nSPS) is 15.7. The van der Waals surface area contributed by atoms with Gasteiger partial charge in [0.05, 0.1) is 5.52 Å². The van der Waals surface area contributed by atoms with Crippen molar-refractivity contribution >= 4 is 28.7 Å². The van der Waals surface area contributed by atoms with Crippen molar-refractivity contribution < 1.29 is 32.7 Å². The van der Waals surface area contributed by atoms with Gasteiger partial charge in [0.15, 0.2) is 0 Å². The fourth-order valence-electron chi connectivity index (χ4n) is 3.87. The number of H-pyrrole nitrogens is 1. The first-order chi connectivity index (χ1) is 17.0. The number of hydrogen-bond donors (Lipinski definition) is 3. The Labute approximate surface area is 204 Å². The van der Waals surface area contributed by atoms with Gasteiger partial charge in [-0.05, 0) is 41.1 Å². The van der Waals surface area contributed by atoms with Crippen molar-refractivity contribution in [3.63, 3.8) is 0 Å². The summed E-state index contributed by atoms with van der Waals surface area (Å²) in [4.78, 5) is 44.9. The molecule has 12 heteroatoms. The SMILES string of the molecule is CN(Cc1cccc2cc[nH]c12)C(=O)C(=O)N[C@H]1CCN(Cc2ccncc2)C1.O=C(O)C(F)(F)F. The predicted octanol–water partition coefficient (Wildman–Crippen LogP) is 2.55. The Bertz CT molecular complexity index is 1200. The molecule has 0 aliphatic carbocycles. The number of carboxylic acids is 1. The summed E-state index contributed by atoms with van der Waals surface area (Å²) in [5, 5.41) is 11.1. The van der Waals surface area contributed by atoms with Crippen molar-refractivity contribution in [2.45, 2.75) is 31.7 Å². The monoisotopic (exact) mass is 505 g/mol. The summed E-state index contributed by atoms with van der Waals surface area (Å²) < 4.78 is 31.7. The molecule has 0 unspecified atom stereocenters. The molecule has 1 aromatic carbocycles. The molecule has 192 valence electrons. The van der Waals surface area contributed by atoms with Gasteiger partial charge in [0.2, 0.25) is 0 Å². The van der Waals surface area contributed by atoms with Crippen molar-refractivity contribution in [3.8, 4) is 0 Å². The number of pyridine rings is 1. The number of likely N-dealkylation sites (tertiary alicyclic amines) is 1. The Morgan fingerprint density at radius 2 is 1.89 bits per heavy atom. The van der Waals surface area contributed by atoms with Crippen LogP contribution in [0.1, 0.15) is 17.5 Å². The fraction of sp³-hybridized carbons (Fsp3) is 0.333. The number of rotatable bonds is 5. The van der Waals surface area contributed by atoms with Crippen LogP contribution in [0.5, 0.6) is 0 Å². The molecule has 0 spiro atoms. The lowest BCUT2D eigenvalue weighted by Crippen LogP contribution is -2.45. The van der Waals surface area contributed by atoms with Gasteiger partial charge in [-0.1, -0.05) is 18.2 Å². The molecular formula is C24H26F3N5O4. The molecule has 36 heavy (non-hydrogen) atoms. The number of nitrogens with one attached hydrogen (secondary N) is 2. The van der Waals surface area contributed by atoms with Crippen molar-refractivity contribution in [1.29, 1.82) is 0 Å². The molecule has 0 saturated carbocycles. The van der Waals surface area contributed by atoms with E-state index >= 15 is 0 Å². The zero-order valence-corrected chi connectivity index (χ0v) is 19.5. The third-order valence-corrected chi connectivity index (χ3v) is 5.63. The van der Waals surface area contributed by atoms with Crippen LogP contribution in [-0.4, -0.2) is 75.0 Å². The minimum Gasteiger partial charge on any atom is -0.475 e. The van der Waals surface area contributed by atoms with Gasteiger partial charge in [0.1, 0.15) is 0 Å². The van der Waals surface area contributed by atoms with Crippen LogP contribution in [0.4, 0.5) is 13.2 Å². The average molecular weight is 505 g/mol. The molecule has 0 radical (unpaired) electrons. The van der Waals surface area contributed by atoms with E-state index in [0.717, 1.165) is 42.5 Å². The van der Waals surface area contributed by atoms with E-state index in [1.54, 1.807) is 19.4 Å². The maximum atomic E-state index is 12.6. The highest BCUT2D eigenvalue weighted by atomic mass is 19.4. The van der Waals surface area contributed by atoms with E-state index in [9.17, 15) is 22.8 Å². The van der Waals surface area contributed by atoms with E-state index in [1.807, 2.05) is 42.6 Å². The molecule has 1 atom stereocenters. The summed E-state index contributed by atoms with van der Waals surface area (Å²) in [5.41, 5.74) is 3.18. The van der Waals surface area contributed by atoms with E-state index in [2.05, 4.69) is 20.2 Å². The second kappa shape index (κ2) is 11.7. The van der Waals surface area contributed by atoms with Crippen LogP contribution >= 0.6 is 0 Å². The number of benzene rings is 1. The molecule has 1 aliphatic heterocycles. The molecule has 2 amide bonds. The first kappa shape index (κ1) is 26.7. The highest BCUT2D eigenvalue weighted by Crippen LogP contribution is 2.18. The molecule has 3 aromatic rings. The Morgan fingerprint density at radius 1 is 1.19 bits per heavy atom.